The number of nitrogens with zero attached hydrogens (tertiary/aromatic N) is 1. The second-order valence-corrected chi connectivity index (χ2v) is 8.46. The predicted octanol–water partition coefficient (Wildman–Crippen LogP) is 5.55. The summed E-state index contributed by atoms with van der Waals surface area (Å²) >= 11 is 15.6. The second kappa shape index (κ2) is 11.5. The van der Waals surface area contributed by atoms with E-state index < -0.39 is 0 Å². The van der Waals surface area contributed by atoms with Crippen LogP contribution in [-0.4, -0.2) is 25.0 Å². The van der Waals surface area contributed by atoms with Crippen LogP contribution in [0.2, 0.25) is 0 Å². The Hall–Kier alpha value is -1.42. The third-order valence-corrected chi connectivity index (χ3v) is 5.30. The molecule has 9 heteroatoms. The van der Waals surface area contributed by atoms with E-state index in [2.05, 4.69) is 70.2 Å². The maximum Gasteiger partial charge on any atom is 0.187 e. The molecule has 0 fully saturated rings. The van der Waals surface area contributed by atoms with E-state index in [1.807, 2.05) is 30.3 Å². The zero-order valence-corrected chi connectivity index (χ0v) is 20.5. The summed E-state index contributed by atoms with van der Waals surface area (Å²) in [5.74, 6) is 1.45. The van der Waals surface area contributed by atoms with Crippen molar-refractivity contribution in [2.75, 3.05) is 13.7 Å². The number of thiocarbonyl (C=S) groups is 1. The molecule has 28 heavy (non-hydrogen) atoms. The Bertz CT molecular complexity index is 868. The minimum atomic E-state index is 0.330. The fourth-order valence-electron chi connectivity index (χ4n) is 2.18. The quantitative estimate of drug-likeness (QED) is 0.183. The maximum absolute atomic E-state index is 6.00. The maximum atomic E-state index is 6.00. The van der Waals surface area contributed by atoms with Crippen molar-refractivity contribution in [2.24, 2.45) is 5.10 Å². The molecule has 2 rings (SSSR count). The number of methoxy groups -OCH3 is 1. The van der Waals surface area contributed by atoms with Gasteiger partial charge in [-0.2, -0.15) is 5.10 Å². The summed E-state index contributed by atoms with van der Waals surface area (Å²) < 4.78 is 14.1. The van der Waals surface area contributed by atoms with Crippen molar-refractivity contribution in [3.63, 3.8) is 0 Å². The fraction of sp³-hybridized carbons (Fsp3) is 0.158. The lowest BCUT2D eigenvalue weighted by molar-refractivity contribution is 0.293. The topological polar surface area (TPSA) is 54.9 Å². The van der Waals surface area contributed by atoms with Crippen LogP contribution >= 0.6 is 60.0 Å². The molecule has 0 aliphatic heterocycles. The summed E-state index contributed by atoms with van der Waals surface area (Å²) in [6, 6.07) is 9.58. The molecule has 0 aliphatic carbocycles. The lowest BCUT2D eigenvalue weighted by Gasteiger charge is -2.13. The zero-order valence-electron chi connectivity index (χ0n) is 15.0. The summed E-state index contributed by atoms with van der Waals surface area (Å²) in [5.41, 5.74) is 4.53. The molecule has 0 radical (unpaired) electrons. The van der Waals surface area contributed by atoms with Gasteiger partial charge in [-0.3, -0.25) is 5.43 Å². The zero-order chi connectivity index (χ0) is 20.5. The van der Waals surface area contributed by atoms with E-state index in [1.165, 1.54) is 0 Å². The number of rotatable bonds is 8. The van der Waals surface area contributed by atoms with Crippen molar-refractivity contribution in [1.29, 1.82) is 0 Å². The van der Waals surface area contributed by atoms with Gasteiger partial charge in [0.05, 0.1) is 22.3 Å². The average molecular weight is 592 g/mol. The minimum Gasteiger partial charge on any atom is -0.496 e. The van der Waals surface area contributed by atoms with Crippen LogP contribution in [0, 0.1) is 0 Å². The first-order valence-electron chi connectivity index (χ1n) is 8.06. The van der Waals surface area contributed by atoms with E-state index >= 15 is 0 Å². The first kappa shape index (κ1) is 22.9. The third-order valence-electron chi connectivity index (χ3n) is 3.43. The first-order valence-corrected chi connectivity index (χ1v) is 10.9. The van der Waals surface area contributed by atoms with E-state index in [0.717, 1.165) is 30.3 Å². The average Bonchev–Trinajstić information content (AvgIpc) is 2.65. The molecule has 2 aromatic rings. The fourth-order valence-corrected chi connectivity index (χ4v) is 4.80. The first-order chi connectivity index (χ1) is 13.4. The van der Waals surface area contributed by atoms with Crippen molar-refractivity contribution < 1.29 is 9.47 Å². The number of hydrogen-bond donors (Lipinski definition) is 2. The van der Waals surface area contributed by atoms with Gasteiger partial charge in [0.25, 0.3) is 0 Å². The Morgan fingerprint density at radius 1 is 1.21 bits per heavy atom. The summed E-state index contributed by atoms with van der Waals surface area (Å²) in [6.45, 7) is 4.53. The Labute approximate surface area is 195 Å². The highest BCUT2D eigenvalue weighted by Crippen LogP contribution is 2.37. The molecule has 0 saturated carbocycles. The molecule has 0 unspecified atom stereocenters. The van der Waals surface area contributed by atoms with Gasteiger partial charge in [0.2, 0.25) is 0 Å². The van der Waals surface area contributed by atoms with Gasteiger partial charge < -0.3 is 14.8 Å². The largest absolute Gasteiger partial charge is 0.496 e. The van der Waals surface area contributed by atoms with Crippen molar-refractivity contribution in [3.8, 4) is 11.5 Å². The lowest BCUT2D eigenvalue weighted by Crippen LogP contribution is -2.31. The standard InChI is InChI=1S/C19H18Br3N3O2S/c1-3-6-23-19(28)25-24-10-12-4-5-17(26-2)13(7-12)11-27-18-15(21)8-14(20)9-16(18)22/h3-5,7-10H,1,6,11H2,2H3,(H2,23,25,28)/b24-10-. The molecule has 0 bridgehead atoms. The van der Waals surface area contributed by atoms with Gasteiger partial charge in [0.1, 0.15) is 18.1 Å². The molecule has 0 saturated heterocycles. The van der Waals surface area contributed by atoms with Crippen LogP contribution in [-0.2, 0) is 6.61 Å². The lowest BCUT2D eigenvalue weighted by atomic mass is 10.1. The van der Waals surface area contributed by atoms with Gasteiger partial charge in [0.15, 0.2) is 5.11 Å². The molecule has 0 aromatic heterocycles. The highest BCUT2D eigenvalue weighted by Gasteiger charge is 2.11. The molecule has 0 amide bonds. The van der Waals surface area contributed by atoms with Crippen LogP contribution in [0.5, 0.6) is 11.5 Å². The molecule has 0 spiro atoms. The van der Waals surface area contributed by atoms with Crippen molar-refractivity contribution >= 4 is 71.3 Å². The number of halogens is 3. The van der Waals surface area contributed by atoms with E-state index in [4.69, 9.17) is 21.7 Å². The normalized spacial score (nSPS) is 10.6. The van der Waals surface area contributed by atoms with Crippen molar-refractivity contribution in [2.45, 2.75) is 6.61 Å². The highest BCUT2D eigenvalue weighted by atomic mass is 79.9. The molecule has 5 nitrogen and oxygen atoms in total. The van der Waals surface area contributed by atoms with E-state index in [0.29, 0.717) is 24.0 Å². The van der Waals surface area contributed by atoms with Gasteiger partial charge in [-0.25, -0.2) is 0 Å². The predicted molar refractivity (Wildman–Crippen MR) is 128 cm³/mol. The Balaban J connectivity index is 2.10. The number of hydrogen-bond acceptors (Lipinski definition) is 4. The van der Waals surface area contributed by atoms with E-state index in [1.54, 1.807) is 19.4 Å². The van der Waals surface area contributed by atoms with Crippen LogP contribution in [0.1, 0.15) is 11.1 Å². The van der Waals surface area contributed by atoms with Gasteiger partial charge in [-0.15, -0.1) is 6.58 Å². The Morgan fingerprint density at radius 2 is 1.93 bits per heavy atom. The molecule has 2 aromatic carbocycles. The number of benzene rings is 2. The number of ether oxygens (including phenoxy) is 2. The van der Waals surface area contributed by atoms with Crippen LogP contribution in [0.15, 0.2) is 61.5 Å². The van der Waals surface area contributed by atoms with E-state index in [-0.39, 0.29) is 0 Å². The third kappa shape index (κ3) is 6.88. The molecular formula is C19H18Br3N3O2S. The summed E-state index contributed by atoms with van der Waals surface area (Å²) in [5, 5.41) is 7.50. The summed E-state index contributed by atoms with van der Waals surface area (Å²) in [4.78, 5) is 0. The van der Waals surface area contributed by atoms with Crippen molar-refractivity contribution in [3.05, 3.63) is 67.5 Å². The molecule has 0 atom stereocenters. The molecule has 148 valence electrons. The van der Waals surface area contributed by atoms with Crippen molar-refractivity contribution in [1.82, 2.24) is 10.7 Å². The van der Waals surface area contributed by atoms with Crippen LogP contribution in [0.3, 0.4) is 0 Å². The van der Waals surface area contributed by atoms with Gasteiger partial charge in [-0.1, -0.05) is 22.0 Å². The molecular weight excluding hydrogens is 574 g/mol. The Morgan fingerprint density at radius 3 is 2.57 bits per heavy atom. The van der Waals surface area contributed by atoms with Crippen LogP contribution < -0.4 is 20.2 Å². The smallest absolute Gasteiger partial charge is 0.187 e. The van der Waals surface area contributed by atoms with Gasteiger partial charge in [-0.05, 0) is 80.0 Å². The summed E-state index contributed by atoms with van der Waals surface area (Å²) in [7, 11) is 1.63. The number of hydrazone groups is 1. The van der Waals surface area contributed by atoms with Gasteiger partial charge in [0, 0.05) is 16.6 Å². The van der Waals surface area contributed by atoms with E-state index in [9.17, 15) is 0 Å². The number of nitrogens with one attached hydrogen (secondary N) is 2. The second-order valence-electron chi connectivity index (χ2n) is 5.43. The SMILES string of the molecule is C=CCNC(=S)N/N=C\c1ccc(OC)c(COc2c(Br)cc(Br)cc2Br)c1. The van der Waals surface area contributed by atoms with Crippen LogP contribution in [0.4, 0.5) is 0 Å². The van der Waals surface area contributed by atoms with Gasteiger partial charge >= 0.3 is 0 Å². The monoisotopic (exact) mass is 589 g/mol. The Kier molecular flexibility index (Phi) is 9.43. The van der Waals surface area contributed by atoms with Crippen LogP contribution in [0.25, 0.3) is 0 Å². The molecule has 2 N–H and O–H groups in total. The molecule has 0 aliphatic rings. The minimum absolute atomic E-state index is 0.330. The summed E-state index contributed by atoms with van der Waals surface area (Å²) in [6.07, 6.45) is 3.39. The highest BCUT2D eigenvalue weighted by molar-refractivity contribution is 9.11. The molecule has 0 heterocycles.